The lowest BCUT2D eigenvalue weighted by Crippen LogP contribution is -2.38. The number of aryl methyl sites for hydroxylation is 2. The first-order valence-electron chi connectivity index (χ1n) is 8.41. The third-order valence-electron chi connectivity index (χ3n) is 4.65. The third-order valence-corrected chi connectivity index (χ3v) is 4.65. The van der Waals surface area contributed by atoms with Crippen molar-refractivity contribution in [2.75, 3.05) is 13.1 Å². The highest BCUT2D eigenvalue weighted by molar-refractivity contribution is 5.86. The lowest BCUT2D eigenvalue weighted by molar-refractivity contribution is 0.0960. The molecule has 0 spiro atoms. The van der Waals surface area contributed by atoms with Crippen molar-refractivity contribution in [2.45, 2.75) is 32.4 Å². The highest BCUT2D eigenvalue weighted by Crippen LogP contribution is 2.28. The summed E-state index contributed by atoms with van der Waals surface area (Å²) in [6.45, 7) is 4.55. The molecule has 0 bridgehead atoms. The predicted octanol–water partition coefficient (Wildman–Crippen LogP) is 2.91. The average molecular weight is 326 g/mol. The molecule has 1 fully saturated rings. The SMILES string of the molecule is Cc1nc(CN2CCC(Oc3cccc4c3ccn4C)CC2)no1. The van der Waals surface area contributed by atoms with E-state index in [1.807, 2.05) is 6.92 Å². The zero-order valence-corrected chi connectivity index (χ0v) is 14.1. The second-order valence-corrected chi connectivity index (χ2v) is 6.44. The smallest absolute Gasteiger partial charge is 0.223 e. The molecule has 6 heteroatoms. The van der Waals surface area contributed by atoms with E-state index in [-0.39, 0.29) is 6.10 Å². The third kappa shape index (κ3) is 3.01. The topological polar surface area (TPSA) is 56.3 Å². The molecule has 4 rings (SSSR count). The fourth-order valence-electron chi connectivity index (χ4n) is 3.35. The normalized spacial score (nSPS) is 16.8. The van der Waals surface area contributed by atoms with Crippen LogP contribution in [0.2, 0.25) is 0 Å². The summed E-state index contributed by atoms with van der Waals surface area (Å²) >= 11 is 0. The standard InChI is InChI=1S/C18H22N4O2/c1-13-19-18(20-24-13)12-22-10-6-14(7-11-22)23-17-5-3-4-16-15(17)8-9-21(16)2/h3-5,8-9,14H,6-7,10-12H2,1-2H3. The first-order chi connectivity index (χ1) is 11.7. The highest BCUT2D eigenvalue weighted by Gasteiger charge is 2.22. The number of benzene rings is 1. The molecule has 24 heavy (non-hydrogen) atoms. The van der Waals surface area contributed by atoms with Crippen molar-refractivity contribution in [1.29, 1.82) is 0 Å². The Morgan fingerprint density at radius 2 is 2.08 bits per heavy atom. The summed E-state index contributed by atoms with van der Waals surface area (Å²) in [7, 11) is 2.06. The number of likely N-dealkylation sites (tertiary alicyclic amines) is 1. The molecule has 0 saturated carbocycles. The van der Waals surface area contributed by atoms with E-state index in [1.165, 1.54) is 10.9 Å². The maximum Gasteiger partial charge on any atom is 0.223 e. The first-order valence-corrected chi connectivity index (χ1v) is 8.41. The summed E-state index contributed by atoms with van der Waals surface area (Å²) < 4.78 is 13.5. The van der Waals surface area contributed by atoms with Crippen molar-refractivity contribution in [3.8, 4) is 5.75 Å². The van der Waals surface area contributed by atoms with Crippen LogP contribution in [0.1, 0.15) is 24.6 Å². The Morgan fingerprint density at radius 3 is 2.83 bits per heavy atom. The van der Waals surface area contributed by atoms with Crippen LogP contribution in [-0.4, -0.2) is 38.8 Å². The van der Waals surface area contributed by atoms with Crippen molar-refractivity contribution in [3.63, 3.8) is 0 Å². The lowest BCUT2D eigenvalue weighted by atomic mass is 10.1. The van der Waals surface area contributed by atoms with Gasteiger partial charge in [0.05, 0.1) is 12.1 Å². The summed E-state index contributed by atoms with van der Waals surface area (Å²) in [5.74, 6) is 2.38. The van der Waals surface area contributed by atoms with E-state index < -0.39 is 0 Å². The number of rotatable bonds is 4. The molecular formula is C18H22N4O2. The van der Waals surface area contributed by atoms with Gasteiger partial charge in [-0.15, -0.1) is 0 Å². The van der Waals surface area contributed by atoms with Gasteiger partial charge < -0.3 is 13.8 Å². The number of nitrogens with zero attached hydrogens (tertiary/aromatic N) is 4. The van der Waals surface area contributed by atoms with Gasteiger partial charge in [0.2, 0.25) is 5.89 Å². The summed E-state index contributed by atoms with van der Waals surface area (Å²) in [6, 6.07) is 8.37. The van der Waals surface area contributed by atoms with Gasteiger partial charge in [-0.1, -0.05) is 11.2 Å². The summed E-state index contributed by atoms with van der Waals surface area (Å²) in [5.41, 5.74) is 1.21. The molecule has 0 radical (unpaired) electrons. The second kappa shape index (κ2) is 6.28. The molecule has 1 aliphatic rings. The molecule has 0 N–H and O–H groups in total. The molecule has 0 atom stereocenters. The van der Waals surface area contributed by atoms with E-state index in [1.54, 1.807) is 0 Å². The van der Waals surface area contributed by atoms with E-state index in [0.717, 1.165) is 44.0 Å². The fourth-order valence-corrected chi connectivity index (χ4v) is 3.35. The summed E-state index contributed by atoms with van der Waals surface area (Å²) in [6.07, 6.45) is 4.37. The maximum atomic E-state index is 6.29. The van der Waals surface area contributed by atoms with Gasteiger partial charge in [-0.3, -0.25) is 4.90 Å². The number of piperidine rings is 1. The minimum atomic E-state index is 0.263. The van der Waals surface area contributed by atoms with E-state index in [0.29, 0.717) is 5.89 Å². The Hall–Kier alpha value is -2.34. The predicted molar refractivity (Wildman–Crippen MR) is 90.9 cm³/mol. The molecule has 1 saturated heterocycles. The van der Waals surface area contributed by atoms with Crippen molar-refractivity contribution in [3.05, 3.63) is 42.2 Å². The van der Waals surface area contributed by atoms with Crippen molar-refractivity contribution in [1.82, 2.24) is 19.6 Å². The second-order valence-electron chi connectivity index (χ2n) is 6.44. The van der Waals surface area contributed by atoms with Crippen LogP contribution in [0.25, 0.3) is 10.9 Å². The average Bonchev–Trinajstić information content (AvgIpc) is 3.16. The van der Waals surface area contributed by atoms with Gasteiger partial charge >= 0.3 is 0 Å². The molecular weight excluding hydrogens is 304 g/mol. The Balaban J connectivity index is 1.37. The zero-order chi connectivity index (χ0) is 16.5. The van der Waals surface area contributed by atoms with Gasteiger partial charge in [-0.05, 0) is 31.0 Å². The fraction of sp³-hybridized carbons (Fsp3) is 0.444. The van der Waals surface area contributed by atoms with E-state index in [4.69, 9.17) is 9.26 Å². The van der Waals surface area contributed by atoms with Gasteiger partial charge in [0.15, 0.2) is 5.82 Å². The molecule has 3 aromatic rings. The summed E-state index contributed by atoms with van der Waals surface area (Å²) in [5, 5.41) is 5.16. The van der Waals surface area contributed by atoms with Crippen molar-refractivity contribution in [2.24, 2.45) is 7.05 Å². The van der Waals surface area contributed by atoms with Crippen LogP contribution in [0.3, 0.4) is 0 Å². The largest absolute Gasteiger partial charge is 0.490 e. The minimum Gasteiger partial charge on any atom is -0.490 e. The van der Waals surface area contributed by atoms with Crippen LogP contribution in [-0.2, 0) is 13.6 Å². The monoisotopic (exact) mass is 326 g/mol. The molecule has 0 aliphatic carbocycles. The molecule has 1 aromatic carbocycles. The number of hydrogen-bond acceptors (Lipinski definition) is 5. The van der Waals surface area contributed by atoms with Crippen LogP contribution < -0.4 is 4.74 Å². The zero-order valence-electron chi connectivity index (χ0n) is 14.1. The van der Waals surface area contributed by atoms with Crippen LogP contribution >= 0.6 is 0 Å². The van der Waals surface area contributed by atoms with E-state index >= 15 is 0 Å². The minimum absolute atomic E-state index is 0.263. The maximum absolute atomic E-state index is 6.29. The molecule has 126 valence electrons. The molecule has 2 aromatic heterocycles. The highest BCUT2D eigenvalue weighted by atomic mass is 16.5. The Bertz CT molecular complexity index is 831. The Kier molecular flexibility index (Phi) is 3.98. The van der Waals surface area contributed by atoms with Crippen LogP contribution in [0.15, 0.2) is 35.0 Å². The lowest BCUT2D eigenvalue weighted by Gasteiger charge is -2.31. The molecule has 3 heterocycles. The van der Waals surface area contributed by atoms with Gasteiger partial charge in [0.25, 0.3) is 0 Å². The Morgan fingerprint density at radius 1 is 1.25 bits per heavy atom. The van der Waals surface area contributed by atoms with Crippen molar-refractivity contribution >= 4 is 10.9 Å². The van der Waals surface area contributed by atoms with Crippen LogP contribution in [0, 0.1) is 6.92 Å². The van der Waals surface area contributed by atoms with Gasteiger partial charge in [-0.25, -0.2) is 0 Å². The number of aromatic nitrogens is 3. The molecule has 1 aliphatic heterocycles. The number of ether oxygens (including phenoxy) is 1. The Labute approximate surface area is 141 Å². The number of fused-ring (bicyclic) bond motifs is 1. The van der Waals surface area contributed by atoms with Crippen molar-refractivity contribution < 1.29 is 9.26 Å². The van der Waals surface area contributed by atoms with Gasteiger partial charge in [0.1, 0.15) is 11.9 Å². The van der Waals surface area contributed by atoms with E-state index in [2.05, 4.69) is 57.1 Å². The molecule has 6 nitrogen and oxygen atoms in total. The number of hydrogen-bond donors (Lipinski definition) is 0. The van der Waals surface area contributed by atoms with Crippen LogP contribution in [0.5, 0.6) is 5.75 Å². The van der Waals surface area contributed by atoms with Gasteiger partial charge in [0, 0.05) is 38.6 Å². The quantitative estimate of drug-likeness (QED) is 0.738. The molecule has 0 unspecified atom stereocenters. The first kappa shape index (κ1) is 15.2. The molecule has 0 amide bonds. The van der Waals surface area contributed by atoms with Gasteiger partial charge in [-0.2, -0.15) is 4.98 Å². The van der Waals surface area contributed by atoms with E-state index in [9.17, 15) is 0 Å². The van der Waals surface area contributed by atoms with Crippen LogP contribution in [0.4, 0.5) is 0 Å². The summed E-state index contributed by atoms with van der Waals surface area (Å²) in [4.78, 5) is 6.63.